The molecule has 2 atom stereocenters. The lowest BCUT2D eigenvalue weighted by atomic mass is 10.0. The maximum Gasteiger partial charge on any atom is 0.326 e. The van der Waals surface area contributed by atoms with E-state index in [0.717, 1.165) is 0 Å². The van der Waals surface area contributed by atoms with E-state index < -0.39 is 21.8 Å². The minimum Gasteiger partial charge on any atom is -0.480 e. The maximum atomic E-state index is 11.5. The Bertz CT molecular complexity index is 403. The van der Waals surface area contributed by atoms with Crippen LogP contribution in [0.4, 0.5) is 0 Å². The molecule has 0 aromatic heterocycles. The lowest BCUT2D eigenvalue weighted by Gasteiger charge is -2.13. The average molecular weight is 263 g/mol. The molecule has 1 rings (SSSR count). The highest BCUT2D eigenvalue weighted by molar-refractivity contribution is 7.91. The van der Waals surface area contributed by atoms with Gasteiger partial charge in [-0.2, -0.15) is 0 Å². The van der Waals surface area contributed by atoms with Crippen molar-refractivity contribution in [2.75, 3.05) is 11.5 Å². The number of aliphatic carboxylic acids is 1. The molecular weight excluding hydrogens is 246 g/mol. The highest BCUT2D eigenvalue weighted by atomic mass is 32.2. The zero-order chi connectivity index (χ0) is 13.1. The van der Waals surface area contributed by atoms with Crippen LogP contribution < -0.4 is 5.32 Å². The van der Waals surface area contributed by atoms with Gasteiger partial charge in [0, 0.05) is 6.42 Å². The van der Waals surface area contributed by atoms with Gasteiger partial charge in [-0.05, 0) is 18.8 Å². The van der Waals surface area contributed by atoms with Gasteiger partial charge in [0.05, 0.1) is 11.5 Å². The summed E-state index contributed by atoms with van der Waals surface area (Å²) in [6.45, 7) is 1.67. The number of rotatable bonds is 5. The predicted molar refractivity (Wildman–Crippen MR) is 61.2 cm³/mol. The van der Waals surface area contributed by atoms with E-state index in [1.54, 1.807) is 6.92 Å². The van der Waals surface area contributed by atoms with Crippen LogP contribution in [0.1, 0.15) is 26.2 Å². The summed E-state index contributed by atoms with van der Waals surface area (Å²) in [6.07, 6.45) is 0.882. The zero-order valence-electron chi connectivity index (χ0n) is 9.68. The van der Waals surface area contributed by atoms with E-state index in [2.05, 4.69) is 5.32 Å². The summed E-state index contributed by atoms with van der Waals surface area (Å²) in [5.41, 5.74) is 0. The lowest BCUT2D eigenvalue weighted by molar-refractivity contribution is -0.142. The van der Waals surface area contributed by atoms with E-state index in [-0.39, 0.29) is 29.8 Å². The Morgan fingerprint density at radius 3 is 2.53 bits per heavy atom. The van der Waals surface area contributed by atoms with Crippen molar-refractivity contribution >= 4 is 21.7 Å². The van der Waals surface area contributed by atoms with E-state index in [4.69, 9.17) is 5.11 Å². The molecule has 0 aromatic rings. The summed E-state index contributed by atoms with van der Waals surface area (Å²) >= 11 is 0. The SMILES string of the molecule is CC[C@H](NC(=O)CC1CCS(=O)(=O)C1)C(=O)O. The van der Waals surface area contributed by atoms with Crippen molar-refractivity contribution in [2.45, 2.75) is 32.2 Å². The molecular formula is C10H17NO5S. The van der Waals surface area contributed by atoms with Gasteiger partial charge < -0.3 is 10.4 Å². The molecule has 0 aliphatic carbocycles. The third-order valence-electron chi connectivity index (χ3n) is 2.84. The molecule has 0 saturated carbocycles. The molecule has 2 N–H and O–H groups in total. The Morgan fingerprint density at radius 2 is 2.12 bits per heavy atom. The molecule has 1 unspecified atom stereocenters. The van der Waals surface area contributed by atoms with Crippen LogP contribution in [-0.2, 0) is 19.4 Å². The molecule has 0 aromatic carbocycles. The monoisotopic (exact) mass is 263 g/mol. The number of sulfone groups is 1. The minimum atomic E-state index is -2.99. The number of nitrogens with one attached hydrogen (secondary N) is 1. The third kappa shape index (κ3) is 4.33. The molecule has 0 bridgehead atoms. The highest BCUT2D eigenvalue weighted by Crippen LogP contribution is 2.21. The standard InChI is InChI=1S/C10H17NO5S/c1-2-8(10(13)14)11-9(12)5-7-3-4-17(15,16)6-7/h7-8H,2-6H2,1H3,(H,11,12)(H,13,14)/t7?,8-/m0/s1. The summed E-state index contributed by atoms with van der Waals surface area (Å²) in [5.74, 6) is -1.47. The number of carbonyl (C=O) groups is 2. The fraction of sp³-hybridized carbons (Fsp3) is 0.800. The molecule has 7 heteroatoms. The Morgan fingerprint density at radius 1 is 1.47 bits per heavy atom. The van der Waals surface area contributed by atoms with Crippen molar-refractivity contribution in [3.8, 4) is 0 Å². The number of carboxylic acid groups (broad SMARTS) is 1. The van der Waals surface area contributed by atoms with Gasteiger partial charge in [-0.25, -0.2) is 13.2 Å². The van der Waals surface area contributed by atoms with Crippen molar-refractivity contribution in [3.05, 3.63) is 0 Å². The van der Waals surface area contributed by atoms with Crippen LogP contribution in [0.5, 0.6) is 0 Å². The molecule has 0 spiro atoms. The second kappa shape index (κ2) is 5.48. The van der Waals surface area contributed by atoms with Crippen molar-refractivity contribution in [1.29, 1.82) is 0 Å². The Labute approximate surface area is 100 Å². The Hall–Kier alpha value is -1.11. The van der Waals surface area contributed by atoms with E-state index in [1.807, 2.05) is 0 Å². The summed E-state index contributed by atoms with van der Waals surface area (Å²) in [6, 6.07) is -0.888. The third-order valence-corrected chi connectivity index (χ3v) is 4.68. The van der Waals surface area contributed by atoms with Gasteiger partial charge in [-0.15, -0.1) is 0 Å². The normalized spacial score (nSPS) is 24.2. The quantitative estimate of drug-likeness (QED) is 0.715. The van der Waals surface area contributed by atoms with Crippen LogP contribution in [0.3, 0.4) is 0 Å². The van der Waals surface area contributed by atoms with Crippen molar-refractivity contribution in [1.82, 2.24) is 5.32 Å². The first-order valence-corrected chi connectivity index (χ1v) is 7.38. The fourth-order valence-electron chi connectivity index (χ4n) is 1.89. The van der Waals surface area contributed by atoms with Gasteiger partial charge in [-0.3, -0.25) is 4.79 Å². The minimum absolute atomic E-state index is 0.0320. The molecule has 17 heavy (non-hydrogen) atoms. The van der Waals surface area contributed by atoms with Gasteiger partial charge in [-0.1, -0.05) is 6.92 Å². The van der Waals surface area contributed by atoms with E-state index in [9.17, 15) is 18.0 Å². The summed E-state index contributed by atoms with van der Waals surface area (Å²) in [4.78, 5) is 22.2. The number of hydrogen-bond acceptors (Lipinski definition) is 4. The van der Waals surface area contributed by atoms with E-state index in [1.165, 1.54) is 0 Å². The molecule has 98 valence electrons. The van der Waals surface area contributed by atoms with Crippen LogP contribution in [0.15, 0.2) is 0 Å². The highest BCUT2D eigenvalue weighted by Gasteiger charge is 2.30. The molecule has 1 aliphatic heterocycles. The number of carbonyl (C=O) groups excluding carboxylic acids is 1. The largest absolute Gasteiger partial charge is 0.480 e. The smallest absolute Gasteiger partial charge is 0.326 e. The molecule has 1 saturated heterocycles. The van der Waals surface area contributed by atoms with E-state index in [0.29, 0.717) is 12.8 Å². The van der Waals surface area contributed by atoms with Crippen LogP contribution in [0, 0.1) is 5.92 Å². The average Bonchev–Trinajstić information content (AvgIpc) is 2.54. The van der Waals surface area contributed by atoms with Crippen molar-refractivity contribution in [2.24, 2.45) is 5.92 Å². The summed E-state index contributed by atoms with van der Waals surface area (Å²) in [7, 11) is -2.99. The van der Waals surface area contributed by atoms with Crippen molar-refractivity contribution < 1.29 is 23.1 Å². The van der Waals surface area contributed by atoms with Crippen LogP contribution in [0.2, 0.25) is 0 Å². The summed E-state index contributed by atoms with van der Waals surface area (Å²) in [5, 5.41) is 11.1. The molecule has 6 nitrogen and oxygen atoms in total. The van der Waals surface area contributed by atoms with Crippen LogP contribution in [-0.4, -0.2) is 42.9 Å². The first-order valence-electron chi connectivity index (χ1n) is 5.56. The molecule has 1 amide bonds. The van der Waals surface area contributed by atoms with Gasteiger partial charge in [0.1, 0.15) is 6.04 Å². The first kappa shape index (κ1) is 14.0. The number of amides is 1. The topological polar surface area (TPSA) is 101 Å². The first-order chi connectivity index (χ1) is 7.84. The van der Waals surface area contributed by atoms with Gasteiger partial charge in [0.15, 0.2) is 9.84 Å². The Kier molecular flexibility index (Phi) is 4.50. The lowest BCUT2D eigenvalue weighted by Crippen LogP contribution is -2.40. The molecule has 1 heterocycles. The molecule has 0 radical (unpaired) electrons. The summed E-state index contributed by atoms with van der Waals surface area (Å²) < 4.78 is 22.4. The van der Waals surface area contributed by atoms with Gasteiger partial charge >= 0.3 is 5.97 Å². The maximum absolute atomic E-state index is 11.5. The fourth-order valence-corrected chi connectivity index (χ4v) is 3.75. The van der Waals surface area contributed by atoms with Gasteiger partial charge in [0.25, 0.3) is 0 Å². The van der Waals surface area contributed by atoms with E-state index >= 15 is 0 Å². The number of hydrogen-bond donors (Lipinski definition) is 2. The van der Waals surface area contributed by atoms with Crippen molar-refractivity contribution in [3.63, 3.8) is 0 Å². The number of carboxylic acids is 1. The van der Waals surface area contributed by atoms with Crippen LogP contribution in [0.25, 0.3) is 0 Å². The molecule has 1 aliphatic rings. The second-order valence-electron chi connectivity index (χ2n) is 4.34. The Balaban J connectivity index is 2.43. The second-order valence-corrected chi connectivity index (χ2v) is 6.57. The predicted octanol–water partition coefficient (Wildman–Crippen LogP) is -0.209. The zero-order valence-corrected chi connectivity index (χ0v) is 10.5. The molecule has 1 fully saturated rings. The van der Waals surface area contributed by atoms with Crippen LogP contribution >= 0.6 is 0 Å². The van der Waals surface area contributed by atoms with Gasteiger partial charge in [0.2, 0.25) is 5.91 Å².